The smallest absolute Gasteiger partial charge is 0.259 e. The van der Waals surface area contributed by atoms with Crippen molar-refractivity contribution < 1.29 is 4.79 Å². The van der Waals surface area contributed by atoms with Crippen LogP contribution in [0.2, 0.25) is 0 Å². The van der Waals surface area contributed by atoms with Gasteiger partial charge >= 0.3 is 0 Å². The number of nitrogens with zero attached hydrogens (tertiary/aromatic N) is 2. The number of aromatic nitrogens is 2. The third-order valence-electron chi connectivity index (χ3n) is 4.67. The molecule has 0 saturated carbocycles. The maximum atomic E-state index is 13.2. The normalized spacial score (nSPS) is 10.6. The lowest BCUT2D eigenvalue weighted by atomic mass is 10.1. The van der Waals surface area contributed by atoms with Gasteiger partial charge in [0, 0.05) is 17.4 Å². The lowest BCUT2D eigenvalue weighted by Gasteiger charge is -2.09. The number of benzene rings is 3. The summed E-state index contributed by atoms with van der Waals surface area (Å²) in [6.45, 7) is 4.00. The first-order chi connectivity index (χ1) is 13.6. The van der Waals surface area contributed by atoms with E-state index in [-0.39, 0.29) is 5.91 Å². The average molecular weight is 367 g/mol. The molecule has 1 N–H and O–H groups in total. The van der Waals surface area contributed by atoms with Crippen molar-refractivity contribution in [2.75, 3.05) is 5.32 Å². The summed E-state index contributed by atoms with van der Waals surface area (Å²) in [6.07, 6.45) is 1.79. The van der Waals surface area contributed by atoms with Crippen LogP contribution in [0.25, 0.3) is 16.9 Å². The van der Waals surface area contributed by atoms with Crippen LogP contribution in [0.15, 0.2) is 85.1 Å². The molecule has 0 fully saturated rings. The first-order valence-electron chi connectivity index (χ1n) is 9.21. The number of aryl methyl sites for hydroxylation is 2. The van der Waals surface area contributed by atoms with Crippen molar-refractivity contribution in [3.8, 4) is 16.9 Å². The van der Waals surface area contributed by atoms with Gasteiger partial charge in [-0.3, -0.25) is 4.79 Å². The van der Waals surface area contributed by atoms with Crippen LogP contribution in [0.1, 0.15) is 21.5 Å². The number of carbonyl (C=O) groups excluding carboxylic acids is 1. The van der Waals surface area contributed by atoms with Crippen LogP contribution in [0, 0.1) is 13.8 Å². The Morgan fingerprint density at radius 2 is 1.57 bits per heavy atom. The molecule has 0 saturated heterocycles. The molecule has 0 aliphatic heterocycles. The molecule has 28 heavy (non-hydrogen) atoms. The molecule has 0 spiro atoms. The summed E-state index contributed by atoms with van der Waals surface area (Å²) in [5, 5.41) is 7.76. The summed E-state index contributed by atoms with van der Waals surface area (Å²) in [4.78, 5) is 13.2. The summed E-state index contributed by atoms with van der Waals surface area (Å²) in [5.41, 5.74) is 5.95. The van der Waals surface area contributed by atoms with Crippen LogP contribution in [0.4, 0.5) is 5.69 Å². The van der Waals surface area contributed by atoms with Gasteiger partial charge in [-0.05, 0) is 43.2 Å². The largest absolute Gasteiger partial charge is 0.322 e. The zero-order valence-electron chi connectivity index (χ0n) is 15.9. The number of amides is 1. The number of carbonyl (C=O) groups is 1. The van der Waals surface area contributed by atoms with Crippen molar-refractivity contribution in [2.45, 2.75) is 13.8 Å². The third kappa shape index (κ3) is 3.58. The van der Waals surface area contributed by atoms with E-state index in [1.807, 2.05) is 92.7 Å². The van der Waals surface area contributed by atoms with Gasteiger partial charge in [-0.25, -0.2) is 4.68 Å². The molecule has 138 valence electrons. The van der Waals surface area contributed by atoms with Crippen molar-refractivity contribution in [3.63, 3.8) is 0 Å². The summed E-state index contributed by atoms with van der Waals surface area (Å²) < 4.78 is 1.75. The fourth-order valence-electron chi connectivity index (χ4n) is 3.12. The van der Waals surface area contributed by atoms with Crippen LogP contribution in [-0.2, 0) is 0 Å². The summed E-state index contributed by atoms with van der Waals surface area (Å²) >= 11 is 0. The van der Waals surface area contributed by atoms with Gasteiger partial charge in [0.05, 0.1) is 11.3 Å². The monoisotopic (exact) mass is 367 g/mol. The van der Waals surface area contributed by atoms with Gasteiger partial charge in [-0.2, -0.15) is 5.10 Å². The van der Waals surface area contributed by atoms with Crippen LogP contribution in [-0.4, -0.2) is 15.7 Å². The molecule has 3 aromatic carbocycles. The Hall–Kier alpha value is -3.66. The maximum absolute atomic E-state index is 13.2. The minimum atomic E-state index is -0.172. The molecular formula is C24H21N3O. The van der Waals surface area contributed by atoms with Crippen molar-refractivity contribution in [1.82, 2.24) is 9.78 Å². The van der Waals surface area contributed by atoms with Crippen molar-refractivity contribution >= 4 is 11.6 Å². The van der Waals surface area contributed by atoms with Crippen molar-refractivity contribution in [1.29, 1.82) is 0 Å². The molecule has 0 radical (unpaired) electrons. The van der Waals surface area contributed by atoms with E-state index in [4.69, 9.17) is 5.10 Å². The first-order valence-corrected chi connectivity index (χ1v) is 9.21. The highest BCUT2D eigenvalue weighted by atomic mass is 16.1. The van der Waals surface area contributed by atoms with Crippen LogP contribution in [0.3, 0.4) is 0 Å². The van der Waals surface area contributed by atoms with E-state index in [1.54, 1.807) is 10.9 Å². The zero-order valence-corrected chi connectivity index (χ0v) is 15.9. The molecule has 0 unspecified atom stereocenters. The maximum Gasteiger partial charge on any atom is 0.259 e. The lowest BCUT2D eigenvalue weighted by molar-refractivity contribution is 0.102. The Bertz CT molecular complexity index is 1120. The molecule has 4 nitrogen and oxygen atoms in total. The fraction of sp³-hybridized carbons (Fsp3) is 0.0833. The SMILES string of the molecule is Cc1ccc(C)c(NC(=O)c2cn(-c3ccccc3)nc2-c2ccccc2)c1. The molecule has 1 heterocycles. The van der Waals surface area contributed by atoms with Crippen LogP contribution >= 0.6 is 0 Å². The number of hydrogen-bond acceptors (Lipinski definition) is 2. The standard InChI is InChI=1S/C24H21N3O/c1-17-13-14-18(2)22(15-17)25-24(28)21-16-27(20-11-7-4-8-12-20)26-23(21)19-9-5-3-6-10-19/h3-16H,1-2H3,(H,25,28). The van der Waals surface area contributed by atoms with Gasteiger partial charge in [-0.1, -0.05) is 60.7 Å². The predicted octanol–water partition coefficient (Wildman–Crippen LogP) is 5.41. The molecule has 4 aromatic rings. The van der Waals surface area contributed by atoms with Gasteiger partial charge in [-0.15, -0.1) is 0 Å². The number of nitrogens with one attached hydrogen (secondary N) is 1. The Balaban J connectivity index is 1.77. The molecule has 0 bridgehead atoms. The van der Waals surface area contributed by atoms with Gasteiger partial charge in [0.2, 0.25) is 0 Å². The van der Waals surface area contributed by atoms with Crippen molar-refractivity contribution in [3.05, 3.63) is 102 Å². The van der Waals surface area contributed by atoms with Crippen molar-refractivity contribution in [2.24, 2.45) is 0 Å². The first kappa shape index (κ1) is 17.7. The third-order valence-corrected chi connectivity index (χ3v) is 4.67. The Morgan fingerprint density at radius 1 is 0.893 bits per heavy atom. The van der Waals surface area contributed by atoms with E-state index in [0.29, 0.717) is 11.3 Å². The number of rotatable bonds is 4. The van der Waals surface area contributed by atoms with Gasteiger partial charge in [0.15, 0.2) is 0 Å². The van der Waals surface area contributed by atoms with Gasteiger partial charge in [0.25, 0.3) is 5.91 Å². The highest BCUT2D eigenvalue weighted by Gasteiger charge is 2.19. The Kier molecular flexibility index (Phi) is 4.77. The van der Waals surface area contributed by atoms with E-state index >= 15 is 0 Å². The molecule has 0 atom stereocenters. The van der Waals surface area contributed by atoms with E-state index in [9.17, 15) is 4.79 Å². The van der Waals surface area contributed by atoms with E-state index in [0.717, 1.165) is 28.1 Å². The van der Waals surface area contributed by atoms with Gasteiger partial charge in [0.1, 0.15) is 5.69 Å². The minimum Gasteiger partial charge on any atom is -0.322 e. The quantitative estimate of drug-likeness (QED) is 0.524. The minimum absolute atomic E-state index is 0.172. The molecule has 4 rings (SSSR count). The lowest BCUT2D eigenvalue weighted by Crippen LogP contribution is -2.13. The number of para-hydroxylation sites is 1. The molecule has 1 amide bonds. The molecule has 4 heteroatoms. The number of hydrogen-bond donors (Lipinski definition) is 1. The number of anilines is 1. The second-order valence-electron chi connectivity index (χ2n) is 6.81. The topological polar surface area (TPSA) is 46.9 Å². The van der Waals surface area contributed by atoms with E-state index in [1.165, 1.54) is 0 Å². The average Bonchev–Trinajstić information content (AvgIpc) is 3.18. The molecule has 0 aliphatic rings. The Labute approximate surface area is 164 Å². The van der Waals surface area contributed by atoms with E-state index < -0.39 is 0 Å². The highest BCUT2D eigenvalue weighted by molar-refractivity contribution is 6.08. The molecule has 1 aromatic heterocycles. The highest BCUT2D eigenvalue weighted by Crippen LogP contribution is 2.25. The molecule has 0 aliphatic carbocycles. The zero-order chi connectivity index (χ0) is 19.5. The summed E-state index contributed by atoms with van der Waals surface area (Å²) in [7, 11) is 0. The van der Waals surface area contributed by atoms with E-state index in [2.05, 4.69) is 5.32 Å². The van der Waals surface area contributed by atoms with Gasteiger partial charge < -0.3 is 5.32 Å². The Morgan fingerprint density at radius 3 is 2.29 bits per heavy atom. The van der Waals surface area contributed by atoms with Crippen LogP contribution in [0.5, 0.6) is 0 Å². The van der Waals surface area contributed by atoms with Crippen LogP contribution < -0.4 is 5.32 Å². The fourth-order valence-corrected chi connectivity index (χ4v) is 3.12. The predicted molar refractivity (Wildman–Crippen MR) is 113 cm³/mol. The summed E-state index contributed by atoms with van der Waals surface area (Å²) in [5.74, 6) is -0.172. The second-order valence-corrected chi connectivity index (χ2v) is 6.81. The molecular weight excluding hydrogens is 346 g/mol. The summed E-state index contributed by atoms with van der Waals surface area (Å²) in [6, 6.07) is 25.6. The second kappa shape index (κ2) is 7.53.